The standard InChI is InChI=1S/C13H17NO3S/c1-7(2)11(10-4-3-5-18-10)14-12(15)8-6-9(8)13(16)17/h3-5,7-9,11H,6H2,1-2H3,(H,14,15)(H,16,17). The fourth-order valence-corrected chi connectivity index (χ4v) is 3.00. The fraction of sp³-hybridized carbons (Fsp3) is 0.538. The molecule has 1 fully saturated rings. The van der Waals surface area contributed by atoms with Gasteiger partial charge in [0.1, 0.15) is 0 Å². The maximum absolute atomic E-state index is 12.0. The predicted molar refractivity (Wildman–Crippen MR) is 69.3 cm³/mol. The number of nitrogens with one attached hydrogen (secondary N) is 1. The van der Waals surface area contributed by atoms with Gasteiger partial charge in [0.05, 0.1) is 17.9 Å². The number of aliphatic carboxylic acids is 1. The van der Waals surface area contributed by atoms with E-state index >= 15 is 0 Å². The van der Waals surface area contributed by atoms with E-state index in [1.165, 1.54) is 0 Å². The van der Waals surface area contributed by atoms with E-state index in [1.807, 2.05) is 31.4 Å². The first-order chi connectivity index (χ1) is 8.50. The van der Waals surface area contributed by atoms with Gasteiger partial charge in [-0.1, -0.05) is 19.9 Å². The summed E-state index contributed by atoms with van der Waals surface area (Å²) in [6, 6.07) is 3.93. The number of thiophene rings is 1. The van der Waals surface area contributed by atoms with Crippen molar-refractivity contribution in [3.05, 3.63) is 22.4 Å². The van der Waals surface area contributed by atoms with Crippen LogP contribution >= 0.6 is 11.3 Å². The molecule has 0 spiro atoms. The summed E-state index contributed by atoms with van der Waals surface area (Å²) < 4.78 is 0. The van der Waals surface area contributed by atoms with Crippen molar-refractivity contribution >= 4 is 23.2 Å². The zero-order chi connectivity index (χ0) is 13.3. The highest BCUT2D eigenvalue weighted by molar-refractivity contribution is 7.10. The molecule has 1 heterocycles. The van der Waals surface area contributed by atoms with E-state index in [0.29, 0.717) is 6.42 Å². The molecule has 5 heteroatoms. The molecule has 3 atom stereocenters. The van der Waals surface area contributed by atoms with Gasteiger partial charge in [-0.15, -0.1) is 11.3 Å². The van der Waals surface area contributed by atoms with Crippen LogP contribution in [0, 0.1) is 17.8 Å². The SMILES string of the molecule is CC(C)C(NC(=O)C1CC1C(=O)O)c1cccs1. The molecule has 0 radical (unpaired) electrons. The molecule has 1 aromatic heterocycles. The Kier molecular flexibility index (Phi) is 3.71. The first kappa shape index (κ1) is 13.1. The quantitative estimate of drug-likeness (QED) is 0.860. The van der Waals surface area contributed by atoms with Crippen LogP contribution in [-0.4, -0.2) is 17.0 Å². The van der Waals surface area contributed by atoms with Crippen molar-refractivity contribution in [2.45, 2.75) is 26.3 Å². The molecule has 0 saturated heterocycles. The summed E-state index contributed by atoms with van der Waals surface area (Å²) in [6.45, 7) is 4.10. The van der Waals surface area contributed by atoms with Gasteiger partial charge in [-0.25, -0.2) is 0 Å². The van der Waals surface area contributed by atoms with Gasteiger partial charge >= 0.3 is 5.97 Å². The molecule has 0 aromatic carbocycles. The molecule has 0 aliphatic heterocycles. The van der Waals surface area contributed by atoms with Crippen LogP contribution in [0.1, 0.15) is 31.2 Å². The monoisotopic (exact) mass is 267 g/mol. The van der Waals surface area contributed by atoms with Crippen LogP contribution in [0.2, 0.25) is 0 Å². The van der Waals surface area contributed by atoms with Crippen LogP contribution in [-0.2, 0) is 9.59 Å². The van der Waals surface area contributed by atoms with E-state index < -0.39 is 11.9 Å². The molecule has 3 unspecified atom stereocenters. The average Bonchev–Trinajstić information content (AvgIpc) is 2.94. The third kappa shape index (κ3) is 2.72. The molecule has 1 aromatic rings. The lowest BCUT2D eigenvalue weighted by Crippen LogP contribution is -2.33. The second-order valence-electron chi connectivity index (χ2n) is 5.03. The Bertz CT molecular complexity index is 441. The molecule has 1 aliphatic carbocycles. The van der Waals surface area contributed by atoms with Crippen molar-refractivity contribution in [3.63, 3.8) is 0 Å². The summed E-state index contributed by atoms with van der Waals surface area (Å²) in [5, 5.41) is 13.8. The number of carbonyl (C=O) groups excluding carboxylic acids is 1. The number of hydrogen-bond acceptors (Lipinski definition) is 3. The maximum Gasteiger partial charge on any atom is 0.307 e. The van der Waals surface area contributed by atoms with E-state index in [4.69, 9.17) is 5.11 Å². The van der Waals surface area contributed by atoms with E-state index in [9.17, 15) is 9.59 Å². The number of carbonyl (C=O) groups is 2. The Labute approximate surface area is 110 Å². The number of carboxylic acids is 1. The highest BCUT2D eigenvalue weighted by atomic mass is 32.1. The average molecular weight is 267 g/mol. The van der Waals surface area contributed by atoms with Crippen molar-refractivity contribution in [2.75, 3.05) is 0 Å². The number of rotatable bonds is 5. The maximum atomic E-state index is 12.0. The topological polar surface area (TPSA) is 66.4 Å². The third-order valence-corrected chi connectivity index (χ3v) is 4.21. The van der Waals surface area contributed by atoms with Crippen molar-refractivity contribution in [3.8, 4) is 0 Å². The zero-order valence-electron chi connectivity index (χ0n) is 10.4. The van der Waals surface area contributed by atoms with E-state index in [2.05, 4.69) is 5.32 Å². The molecular formula is C13H17NO3S. The van der Waals surface area contributed by atoms with Crippen LogP contribution in [0.3, 0.4) is 0 Å². The van der Waals surface area contributed by atoms with E-state index in [1.54, 1.807) is 11.3 Å². The molecule has 18 heavy (non-hydrogen) atoms. The summed E-state index contributed by atoms with van der Waals surface area (Å²) in [4.78, 5) is 23.8. The molecular weight excluding hydrogens is 250 g/mol. The molecule has 98 valence electrons. The van der Waals surface area contributed by atoms with Gasteiger partial charge in [-0.3, -0.25) is 9.59 Å². The van der Waals surface area contributed by atoms with Crippen LogP contribution in [0.15, 0.2) is 17.5 Å². The summed E-state index contributed by atoms with van der Waals surface area (Å²) in [5.74, 6) is -1.54. The Morgan fingerprint density at radius 1 is 1.44 bits per heavy atom. The number of amides is 1. The first-order valence-electron chi connectivity index (χ1n) is 6.07. The van der Waals surface area contributed by atoms with Crippen molar-refractivity contribution in [2.24, 2.45) is 17.8 Å². The smallest absolute Gasteiger partial charge is 0.307 e. The van der Waals surface area contributed by atoms with Gasteiger partial charge in [0.15, 0.2) is 0 Å². The third-order valence-electron chi connectivity index (χ3n) is 3.26. The van der Waals surface area contributed by atoms with Gasteiger partial charge in [0.25, 0.3) is 0 Å². The van der Waals surface area contributed by atoms with Crippen molar-refractivity contribution < 1.29 is 14.7 Å². The largest absolute Gasteiger partial charge is 0.481 e. The predicted octanol–water partition coefficient (Wildman–Crippen LogP) is 2.28. The van der Waals surface area contributed by atoms with Crippen LogP contribution in [0.25, 0.3) is 0 Å². The molecule has 1 amide bonds. The lowest BCUT2D eigenvalue weighted by atomic mass is 10.0. The fourth-order valence-electron chi connectivity index (χ4n) is 2.05. The summed E-state index contributed by atoms with van der Waals surface area (Å²) in [6.07, 6.45) is 0.469. The van der Waals surface area contributed by atoms with Gasteiger partial charge in [0, 0.05) is 4.88 Å². The van der Waals surface area contributed by atoms with Gasteiger partial charge in [-0.05, 0) is 23.8 Å². The minimum atomic E-state index is -0.868. The van der Waals surface area contributed by atoms with E-state index in [0.717, 1.165) is 4.88 Å². The van der Waals surface area contributed by atoms with Crippen molar-refractivity contribution in [1.82, 2.24) is 5.32 Å². The highest BCUT2D eigenvalue weighted by Gasteiger charge is 2.48. The molecule has 2 N–H and O–H groups in total. The van der Waals surface area contributed by atoms with Crippen molar-refractivity contribution in [1.29, 1.82) is 0 Å². The van der Waals surface area contributed by atoms with Crippen LogP contribution in [0.4, 0.5) is 0 Å². The Balaban J connectivity index is 1.99. The zero-order valence-corrected chi connectivity index (χ0v) is 11.2. The molecule has 2 rings (SSSR count). The molecule has 1 aliphatic rings. The Morgan fingerprint density at radius 2 is 2.17 bits per heavy atom. The summed E-state index contributed by atoms with van der Waals surface area (Å²) in [7, 11) is 0. The summed E-state index contributed by atoms with van der Waals surface area (Å²) in [5.41, 5.74) is 0. The molecule has 4 nitrogen and oxygen atoms in total. The second-order valence-corrected chi connectivity index (χ2v) is 6.01. The first-order valence-corrected chi connectivity index (χ1v) is 6.95. The minimum Gasteiger partial charge on any atom is -0.481 e. The van der Waals surface area contributed by atoms with Crippen LogP contribution in [0.5, 0.6) is 0 Å². The Morgan fingerprint density at radius 3 is 2.61 bits per heavy atom. The lowest BCUT2D eigenvalue weighted by molar-refractivity contribution is -0.140. The van der Waals surface area contributed by atoms with Gasteiger partial charge in [-0.2, -0.15) is 0 Å². The Hall–Kier alpha value is -1.36. The highest BCUT2D eigenvalue weighted by Crippen LogP contribution is 2.39. The van der Waals surface area contributed by atoms with Crippen LogP contribution < -0.4 is 5.32 Å². The molecule has 1 saturated carbocycles. The number of hydrogen-bond donors (Lipinski definition) is 2. The number of carboxylic acid groups (broad SMARTS) is 1. The minimum absolute atomic E-state index is 0.0208. The van der Waals surface area contributed by atoms with Gasteiger partial charge < -0.3 is 10.4 Å². The summed E-state index contributed by atoms with van der Waals surface area (Å²) >= 11 is 1.61. The van der Waals surface area contributed by atoms with Gasteiger partial charge in [0.2, 0.25) is 5.91 Å². The normalized spacial score (nSPS) is 23.7. The second kappa shape index (κ2) is 5.10. The van der Waals surface area contributed by atoms with E-state index in [-0.39, 0.29) is 23.8 Å². The lowest BCUT2D eigenvalue weighted by Gasteiger charge is -2.21. The molecule has 0 bridgehead atoms.